The Morgan fingerprint density at radius 3 is 2.73 bits per heavy atom. The fourth-order valence-corrected chi connectivity index (χ4v) is 8.35. The molecule has 6 unspecified atom stereocenters. The van der Waals surface area contributed by atoms with Crippen LogP contribution >= 0.6 is 0 Å². The van der Waals surface area contributed by atoms with Gasteiger partial charge in [0.05, 0.1) is 13.2 Å². The van der Waals surface area contributed by atoms with Crippen molar-refractivity contribution in [2.24, 2.45) is 29.1 Å². The van der Waals surface area contributed by atoms with Gasteiger partial charge in [-0.25, -0.2) is 0 Å². The van der Waals surface area contributed by atoms with Gasteiger partial charge in [0.1, 0.15) is 11.6 Å². The van der Waals surface area contributed by atoms with Crippen LogP contribution in [-0.4, -0.2) is 47.6 Å². The Labute approximate surface area is 221 Å². The van der Waals surface area contributed by atoms with Gasteiger partial charge in [0, 0.05) is 31.2 Å². The number of aryl methyl sites for hydroxylation is 1. The van der Waals surface area contributed by atoms with E-state index >= 15 is 0 Å². The quantitative estimate of drug-likeness (QED) is 0.456. The summed E-state index contributed by atoms with van der Waals surface area (Å²) in [5, 5.41) is 24.6. The normalized spacial score (nSPS) is 33.6. The second-order valence-electron chi connectivity index (χ2n) is 12.6. The summed E-state index contributed by atoms with van der Waals surface area (Å²) >= 11 is 0. The van der Waals surface area contributed by atoms with E-state index in [4.69, 9.17) is 4.74 Å². The first-order chi connectivity index (χ1) is 17.9. The zero-order valence-electron chi connectivity index (χ0n) is 22.4. The van der Waals surface area contributed by atoms with Crippen LogP contribution < -0.4 is 10.1 Å². The number of ether oxygens (including phenoxy) is 1. The zero-order chi connectivity index (χ0) is 26.0. The Hall–Kier alpha value is -1.92. The summed E-state index contributed by atoms with van der Waals surface area (Å²) in [5.74, 6) is 2.64. The molecule has 4 fully saturated rings. The average Bonchev–Trinajstić information content (AvgIpc) is 3.37. The lowest BCUT2D eigenvalue weighted by atomic mass is 9.60. The standard InChI is InChI=1S/C31H45NO5/c1-37-30-15-20(6-11-28(30)35)5-10-27(34)25-9-4-21(14-29(25)36)18-31(12-2-3-13-31)23-16-22-7-8-24(33)17-26(22)32-19-23/h6,11,15,21-23,25-26,29,32,35-36H,2-5,7-10,12-14,16-19H2,1H3. The second-order valence-corrected chi connectivity index (χ2v) is 12.6. The van der Waals surface area contributed by atoms with E-state index in [1.165, 1.54) is 45.6 Å². The third-order valence-electron chi connectivity index (χ3n) is 10.4. The number of piperidine rings is 1. The Morgan fingerprint density at radius 2 is 1.97 bits per heavy atom. The number of phenols is 1. The fourth-order valence-electron chi connectivity index (χ4n) is 8.35. The Balaban J connectivity index is 1.15. The lowest BCUT2D eigenvalue weighted by Crippen LogP contribution is -2.52. The molecule has 5 rings (SSSR count). The Kier molecular flexibility index (Phi) is 8.25. The third kappa shape index (κ3) is 5.90. The van der Waals surface area contributed by atoms with Crippen molar-refractivity contribution >= 4 is 11.6 Å². The minimum absolute atomic E-state index is 0.101. The lowest BCUT2D eigenvalue weighted by molar-refractivity contribution is -0.129. The maximum absolute atomic E-state index is 13.0. The number of ketones is 2. The number of rotatable bonds is 8. The predicted octanol–water partition coefficient (Wildman–Crippen LogP) is 4.98. The van der Waals surface area contributed by atoms with Crippen molar-refractivity contribution in [3.8, 4) is 11.5 Å². The van der Waals surface area contributed by atoms with Crippen molar-refractivity contribution in [1.29, 1.82) is 0 Å². The van der Waals surface area contributed by atoms with Crippen LogP contribution in [0.1, 0.15) is 89.0 Å². The van der Waals surface area contributed by atoms with Gasteiger partial charge >= 0.3 is 0 Å². The molecule has 3 aliphatic carbocycles. The highest BCUT2D eigenvalue weighted by Gasteiger charge is 2.47. The molecule has 0 radical (unpaired) electrons. The van der Waals surface area contributed by atoms with Gasteiger partial charge in [-0.1, -0.05) is 18.9 Å². The first-order valence-electron chi connectivity index (χ1n) is 14.7. The molecule has 204 valence electrons. The largest absolute Gasteiger partial charge is 0.504 e. The van der Waals surface area contributed by atoms with Crippen LogP contribution in [-0.2, 0) is 16.0 Å². The molecule has 6 nitrogen and oxygen atoms in total. The van der Waals surface area contributed by atoms with Crippen molar-refractivity contribution < 1.29 is 24.5 Å². The number of phenolic OH excluding ortho intramolecular Hbond substituents is 1. The highest BCUT2D eigenvalue weighted by Crippen LogP contribution is 2.54. The predicted molar refractivity (Wildman–Crippen MR) is 143 cm³/mol. The van der Waals surface area contributed by atoms with E-state index in [2.05, 4.69) is 5.32 Å². The SMILES string of the molecule is COc1cc(CCC(=O)C2CCC(CC3(C4CNC5CC(=O)CCC5C4)CCCC3)CC2O)ccc1O. The number of aromatic hydroxyl groups is 1. The number of aliphatic hydroxyl groups is 1. The number of carbonyl (C=O) groups excluding carboxylic acids is 2. The van der Waals surface area contributed by atoms with Gasteiger partial charge in [-0.2, -0.15) is 0 Å². The van der Waals surface area contributed by atoms with Crippen LogP contribution in [0.5, 0.6) is 11.5 Å². The molecule has 1 saturated heterocycles. The summed E-state index contributed by atoms with van der Waals surface area (Å²) in [4.78, 5) is 25.0. The molecule has 0 bridgehead atoms. The van der Waals surface area contributed by atoms with Crippen molar-refractivity contribution in [1.82, 2.24) is 5.32 Å². The molecule has 3 saturated carbocycles. The van der Waals surface area contributed by atoms with Crippen molar-refractivity contribution in [3.63, 3.8) is 0 Å². The van der Waals surface area contributed by atoms with Gasteiger partial charge in [0.2, 0.25) is 0 Å². The number of aliphatic hydroxyl groups excluding tert-OH is 1. The molecular weight excluding hydrogens is 466 g/mol. The molecule has 3 N–H and O–H groups in total. The van der Waals surface area contributed by atoms with E-state index in [-0.39, 0.29) is 17.5 Å². The number of hydrogen-bond donors (Lipinski definition) is 3. The number of hydrogen-bond acceptors (Lipinski definition) is 6. The van der Waals surface area contributed by atoms with E-state index in [1.54, 1.807) is 12.1 Å². The van der Waals surface area contributed by atoms with Gasteiger partial charge in [-0.3, -0.25) is 9.59 Å². The maximum Gasteiger partial charge on any atom is 0.160 e. The number of carbonyl (C=O) groups is 2. The molecule has 1 aliphatic heterocycles. The molecule has 1 aromatic carbocycles. The average molecular weight is 512 g/mol. The third-order valence-corrected chi connectivity index (χ3v) is 10.4. The molecular formula is C31H45NO5. The summed E-state index contributed by atoms with van der Waals surface area (Å²) in [6, 6.07) is 5.60. The summed E-state index contributed by atoms with van der Waals surface area (Å²) < 4.78 is 5.18. The first kappa shape index (κ1) is 26.7. The highest BCUT2D eigenvalue weighted by atomic mass is 16.5. The molecule has 1 aromatic rings. The van der Waals surface area contributed by atoms with Gasteiger partial charge in [-0.05, 0) is 105 Å². The van der Waals surface area contributed by atoms with Gasteiger partial charge < -0.3 is 20.3 Å². The lowest BCUT2D eigenvalue weighted by Gasteiger charge is -2.48. The monoisotopic (exact) mass is 511 g/mol. The number of fused-ring (bicyclic) bond motifs is 1. The maximum atomic E-state index is 13.0. The number of methoxy groups -OCH3 is 1. The second kappa shape index (κ2) is 11.4. The van der Waals surface area contributed by atoms with Crippen LogP contribution in [0.2, 0.25) is 0 Å². The first-order valence-corrected chi connectivity index (χ1v) is 14.7. The van der Waals surface area contributed by atoms with E-state index in [0.717, 1.165) is 50.6 Å². The van der Waals surface area contributed by atoms with Crippen molar-refractivity contribution in [2.45, 2.75) is 102 Å². The van der Waals surface area contributed by atoms with E-state index in [9.17, 15) is 19.8 Å². The molecule has 6 atom stereocenters. The Bertz CT molecular complexity index is 970. The molecule has 4 aliphatic rings. The fraction of sp³-hybridized carbons (Fsp3) is 0.742. The Morgan fingerprint density at radius 1 is 1.16 bits per heavy atom. The summed E-state index contributed by atoms with van der Waals surface area (Å²) in [6.45, 7) is 1.03. The van der Waals surface area contributed by atoms with E-state index in [0.29, 0.717) is 53.6 Å². The number of Topliss-reactive ketones (excluding diaryl/α,β-unsaturated/α-hetero) is 2. The summed E-state index contributed by atoms with van der Waals surface area (Å²) in [5.41, 5.74) is 1.32. The topological polar surface area (TPSA) is 95.9 Å². The molecule has 1 heterocycles. The molecule has 0 amide bonds. The minimum atomic E-state index is -0.544. The van der Waals surface area contributed by atoms with Crippen LogP contribution in [0.15, 0.2) is 18.2 Å². The van der Waals surface area contributed by atoms with Gasteiger partial charge in [0.25, 0.3) is 0 Å². The summed E-state index contributed by atoms with van der Waals surface area (Å²) in [7, 11) is 1.52. The van der Waals surface area contributed by atoms with Crippen molar-refractivity contribution in [2.75, 3.05) is 13.7 Å². The highest BCUT2D eigenvalue weighted by molar-refractivity contribution is 5.82. The minimum Gasteiger partial charge on any atom is -0.504 e. The van der Waals surface area contributed by atoms with Gasteiger partial charge in [0.15, 0.2) is 11.5 Å². The number of nitrogens with one attached hydrogen (secondary N) is 1. The molecule has 0 spiro atoms. The molecule has 0 aromatic heterocycles. The van der Waals surface area contributed by atoms with Gasteiger partial charge in [-0.15, -0.1) is 0 Å². The van der Waals surface area contributed by atoms with Crippen LogP contribution in [0.25, 0.3) is 0 Å². The summed E-state index contributed by atoms with van der Waals surface area (Å²) in [6.07, 6.45) is 13.2. The van der Waals surface area contributed by atoms with Crippen LogP contribution in [0.3, 0.4) is 0 Å². The smallest absolute Gasteiger partial charge is 0.160 e. The van der Waals surface area contributed by atoms with Crippen molar-refractivity contribution in [3.05, 3.63) is 23.8 Å². The van der Waals surface area contributed by atoms with E-state index < -0.39 is 6.10 Å². The van der Waals surface area contributed by atoms with Crippen LogP contribution in [0.4, 0.5) is 0 Å². The van der Waals surface area contributed by atoms with E-state index in [1.807, 2.05) is 6.07 Å². The molecule has 6 heteroatoms. The molecule has 37 heavy (non-hydrogen) atoms. The number of benzene rings is 1. The van der Waals surface area contributed by atoms with Crippen LogP contribution in [0, 0.1) is 29.1 Å². The zero-order valence-corrected chi connectivity index (χ0v) is 22.4.